The number of carbonyl (C=O) groups excluding carboxylic acids is 1. The number of aromatic hydroxyl groups is 1. The van der Waals surface area contributed by atoms with Crippen LogP contribution in [0.4, 0.5) is 5.69 Å². The van der Waals surface area contributed by atoms with Gasteiger partial charge >= 0.3 is 0 Å². The van der Waals surface area contributed by atoms with Crippen molar-refractivity contribution in [3.8, 4) is 5.75 Å². The van der Waals surface area contributed by atoms with Crippen LogP contribution in [-0.4, -0.2) is 11.0 Å². The average molecular weight is 259 g/mol. The van der Waals surface area contributed by atoms with E-state index in [9.17, 15) is 9.90 Å². The third kappa shape index (κ3) is 2.78. The molecule has 0 saturated carbocycles. The predicted octanol–water partition coefficient (Wildman–Crippen LogP) is 3.42. The van der Waals surface area contributed by atoms with Crippen molar-refractivity contribution in [1.29, 1.82) is 0 Å². The van der Waals surface area contributed by atoms with E-state index < -0.39 is 0 Å². The number of hydrogen-bond donors (Lipinski definition) is 2. The zero-order valence-corrected chi connectivity index (χ0v) is 11.3. The van der Waals surface area contributed by atoms with Crippen molar-refractivity contribution < 1.29 is 14.3 Å². The Balaban J connectivity index is 2.21. The largest absolute Gasteiger partial charge is 0.508 e. The van der Waals surface area contributed by atoms with E-state index in [1.807, 2.05) is 13.8 Å². The lowest BCUT2D eigenvalue weighted by atomic mass is 10.1. The van der Waals surface area contributed by atoms with E-state index in [0.29, 0.717) is 11.4 Å². The summed E-state index contributed by atoms with van der Waals surface area (Å²) in [4.78, 5) is 12.0. The van der Waals surface area contributed by atoms with Crippen LogP contribution < -0.4 is 5.32 Å². The minimum absolute atomic E-state index is 0.224. The van der Waals surface area contributed by atoms with Crippen molar-refractivity contribution in [1.82, 2.24) is 0 Å². The molecule has 0 aliphatic carbocycles. The zero-order valence-electron chi connectivity index (χ0n) is 11.3. The van der Waals surface area contributed by atoms with Gasteiger partial charge in [0.25, 0.3) is 5.91 Å². The van der Waals surface area contributed by atoms with E-state index in [-0.39, 0.29) is 11.7 Å². The second-order valence-corrected chi connectivity index (χ2v) is 4.53. The molecule has 0 spiro atoms. The summed E-state index contributed by atoms with van der Waals surface area (Å²) in [6, 6.07) is 6.83. The first kappa shape index (κ1) is 13.2. The predicted molar refractivity (Wildman–Crippen MR) is 73.6 cm³/mol. The number of rotatable bonds is 3. The van der Waals surface area contributed by atoms with Crippen molar-refractivity contribution in [3.05, 3.63) is 46.9 Å². The lowest BCUT2D eigenvalue weighted by Gasteiger charge is -2.09. The van der Waals surface area contributed by atoms with Gasteiger partial charge in [0.15, 0.2) is 5.76 Å². The molecule has 4 nitrogen and oxygen atoms in total. The quantitative estimate of drug-likeness (QED) is 0.830. The molecule has 1 aromatic carbocycles. The second kappa shape index (κ2) is 5.18. The lowest BCUT2D eigenvalue weighted by Crippen LogP contribution is -2.12. The van der Waals surface area contributed by atoms with Crippen LogP contribution in [0.5, 0.6) is 5.75 Å². The molecular weight excluding hydrogens is 242 g/mol. The van der Waals surface area contributed by atoms with Gasteiger partial charge in [-0.05, 0) is 49.2 Å². The molecule has 0 unspecified atom stereocenters. The van der Waals surface area contributed by atoms with Gasteiger partial charge in [0, 0.05) is 12.1 Å². The molecule has 1 aromatic heterocycles. The van der Waals surface area contributed by atoms with E-state index in [1.54, 1.807) is 31.2 Å². The Hall–Kier alpha value is -2.23. The Labute approximate surface area is 112 Å². The van der Waals surface area contributed by atoms with Gasteiger partial charge in [-0.1, -0.05) is 6.92 Å². The van der Waals surface area contributed by atoms with Gasteiger partial charge in [0.05, 0.1) is 0 Å². The number of anilines is 1. The summed E-state index contributed by atoms with van der Waals surface area (Å²) in [6.45, 7) is 5.58. The van der Waals surface area contributed by atoms with E-state index in [4.69, 9.17) is 4.42 Å². The Morgan fingerprint density at radius 2 is 2.00 bits per heavy atom. The van der Waals surface area contributed by atoms with Gasteiger partial charge in [-0.25, -0.2) is 0 Å². The van der Waals surface area contributed by atoms with Crippen molar-refractivity contribution in [2.24, 2.45) is 0 Å². The van der Waals surface area contributed by atoms with Crippen molar-refractivity contribution in [3.63, 3.8) is 0 Å². The number of hydrogen-bond acceptors (Lipinski definition) is 3. The molecule has 4 heteroatoms. The van der Waals surface area contributed by atoms with Gasteiger partial charge < -0.3 is 14.8 Å². The van der Waals surface area contributed by atoms with Crippen LogP contribution in [0.3, 0.4) is 0 Å². The summed E-state index contributed by atoms with van der Waals surface area (Å²) in [5, 5.41) is 12.4. The Kier molecular flexibility index (Phi) is 3.60. The van der Waals surface area contributed by atoms with Gasteiger partial charge in [-0.2, -0.15) is 0 Å². The highest BCUT2D eigenvalue weighted by Gasteiger charge is 2.13. The fourth-order valence-corrected chi connectivity index (χ4v) is 1.81. The number of aryl methyl sites for hydroxylation is 3. The number of carbonyl (C=O) groups is 1. The summed E-state index contributed by atoms with van der Waals surface area (Å²) >= 11 is 0. The highest BCUT2D eigenvalue weighted by molar-refractivity contribution is 6.02. The summed E-state index contributed by atoms with van der Waals surface area (Å²) in [5.41, 5.74) is 2.20. The Morgan fingerprint density at radius 3 is 2.63 bits per heavy atom. The third-order valence-corrected chi connectivity index (χ3v) is 3.03. The maximum Gasteiger partial charge on any atom is 0.291 e. The summed E-state index contributed by atoms with van der Waals surface area (Å²) in [7, 11) is 0. The number of phenols is 1. The highest BCUT2D eigenvalue weighted by Crippen LogP contribution is 2.25. The minimum atomic E-state index is -0.284. The first-order valence-electron chi connectivity index (χ1n) is 6.21. The minimum Gasteiger partial charge on any atom is -0.508 e. The molecule has 19 heavy (non-hydrogen) atoms. The van der Waals surface area contributed by atoms with Crippen molar-refractivity contribution in [2.75, 3.05) is 5.32 Å². The fourth-order valence-electron chi connectivity index (χ4n) is 1.81. The molecule has 0 atom stereocenters. The first-order valence-corrected chi connectivity index (χ1v) is 6.21. The molecule has 100 valence electrons. The smallest absolute Gasteiger partial charge is 0.291 e. The zero-order chi connectivity index (χ0) is 14.0. The normalized spacial score (nSPS) is 10.5. The summed E-state index contributed by atoms with van der Waals surface area (Å²) in [6.07, 6.45) is 0.755. The van der Waals surface area contributed by atoms with Crippen LogP contribution in [-0.2, 0) is 6.42 Å². The fraction of sp³-hybridized carbons (Fsp3) is 0.267. The molecule has 2 N–H and O–H groups in total. The van der Waals surface area contributed by atoms with Crippen LogP contribution in [0.15, 0.2) is 28.7 Å². The molecule has 0 radical (unpaired) electrons. The number of nitrogens with one attached hydrogen (secondary N) is 1. The highest BCUT2D eigenvalue weighted by atomic mass is 16.3. The van der Waals surface area contributed by atoms with Crippen LogP contribution in [0.2, 0.25) is 0 Å². The van der Waals surface area contributed by atoms with Crippen molar-refractivity contribution in [2.45, 2.75) is 27.2 Å². The lowest BCUT2D eigenvalue weighted by molar-refractivity contribution is 0.0995. The van der Waals surface area contributed by atoms with Gasteiger partial charge in [-0.3, -0.25) is 4.79 Å². The van der Waals surface area contributed by atoms with Gasteiger partial charge in [-0.15, -0.1) is 0 Å². The summed E-state index contributed by atoms with van der Waals surface area (Å²) in [5.74, 6) is 1.01. The molecule has 1 amide bonds. The summed E-state index contributed by atoms with van der Waals surface area (Å²) < 4.78 is 5.40. The monoisotopic (exact) mass is 259 g/mol. The topological polar surface area (TPSA) is 62.5 Å². The molecule has 0 saturated heterocycles. The van der Waals surface area contributed by atoms with E-state index in [1.165, 1.54) is 0 Å². The maximum atomic E-state index is 12.0. The van der Waals surface area contributed by atoms with Crippen molar-refractivity contribution >= 4 is 11.6 Å². The molecule has 2 aromatic rings. The standard InChI is InChI=1S/C15H17NO3/c1-4-11-5-6-14(19-11)15(18)16-12-7-10(3)13(17)8-9(12)2/h5-8,17H,4H2,1-3H3,(H,16,18). The number of furan rings is 1. The van der Waals surface area contributed by atoms with Gasteiger partial charge in [0.2, 0.25) is 0 Å². The molecule has 0 bridgehead atoms. The first-order chi connectivity index (χ1) is 9.01. The Morgan fingerprint density at radius 1 is 1.26 bits per heavy atom. The van der Waals surface area contributed by atoms with E-state index in [2.05, 4.69) is 5.32 Å². The molecule has 0 fully saturated rings. The average Bonchev–Trinajstić information content (AvgIpc) is 2.84. The number of phenolic OH excluding ortho intramolecular Hbond substituents is 1. The molecule has 0 aliphatic rings. The third-order valence-electron chi connectivity index (χ3n) is 3.03. The van der Waals surface area contributed by atoms with Crippen LogP contribution in [0, 0.1) is 13.8 Å². The molecule has 2 rings (SSSR count). The second-order valence-electron chi connectivity index (χ2n) is 4.53. The van der Waals surface area contributed by atoms with Gasteiger partial charge in [0.1, 0.15) is 11.5 Å². The maximum absolute atomic E-state index is 12.0. The molecular formula is C15H17NO3. The number of benzene rings is 1. The Bertz CT molecular complexity index is 614. The van der Waals surface area contributed by atoms with E-state index >= 15 is 0 Å². The number of amides is 1. The van der Waals surface area contributed by atoms with Crippen LogP contribution >= 0.6 is 0 Å². The molecule has 0 aliphatic heterocycles. The SMILES string of the molecule is CCc1ccc(C(=O)Nc2cc(C)c(O)cc2C)o1. The van der Waals surface area contributed by atoms with E-state index in [0.717, 1.165) is 23.3 Å². The molecule has 1 heterocycles. The van der Waals surface area contributed by atoms with Crippen LogP contribution in [0.25, 0.3) is 0 Å². The van der Waals surface area contributed by atoms with Crippen LogP contribution in [0.1, 0.15) is 34.4 Å².